The van der Waals surface area contributed by atoms with Crippen LogP contribution in [0.3, 0.4) is 0 Å². The largest absolute Gasteiger partial charge is 0.486 e. The van der Waals surface area contributed by atoms with E-state index >= 15 is 0 Å². The Labute approximate surface area is 216 Å². The van der Waals surface area contributed by atoms with Gasteiger partial charge in [-0.05, 0) is 25.2 Å². The molecule has 0 bridgehead atoms. The number of rotatable bonds is 10. The first kappa shape index (κ1) is 28.5. The summed E-state index contributed by atoms with van der Waals surface area (Å²) < 4.78 is 23.0. The second-order valence-electron chi connectivity index (χ2n) is 7.58. The van der Waals surface area contributed by atoms with Crippen LogP contribution >= 0.6 is 15.9 Å². The number of aromatic nitrogens is 2. The quantitative estimate of drug-likeness (QED) is 0.268. The molecule has 8 nitrogen and oxygen atoms in total. The molecule has 3 rings (SSSR count). The summed E-state index contributed by atoms with van der Waals surface area (Å²) in [6.07, 6.45) is 6.85. The average Bonchev–Trinajstić information content (AvgIpc) is 3.13. The van der Waals surface area contributed by atoms with Crippen molar-refractivity contribution >= 4 is 38.8 Å². The lowest BCUT2D eigenvalue weighted by Gasteiger charge is -2.10. The third-order valence-electron chi connectivity index (χ3n) is 4.75. The minimum atomic E-state index is -1.26. The second-order valence-corrected chi connectivity index (χ2v) is 8.50. The van der Waals surface area contributed by atoms with Gasteiger partial charge in [0.25, 0.3) is 0 Å². The highest BCUT2D eigenvalue weighted by atomic mass is 79.9. The first-order chi connectivity index (χ1) is 17.1. The van der Waals surface area contributed by atoms with Gasteiger partial charge in [0.05, 0.1) is 5.52 Å². The maximum absolute atomic E-state index is 14.6. The maximum Gasteiger partial charge on any atom is 0.328 e. The molecule has 0 aliphatic heterocycles. The van der Waals surface area contributed by atoms with Crippen molar-refractivity contribution in [1.29, 1.82) is 0 Å². The Morgan fingerprint density at radius 3 is 2.36 bits per heavy atom. The highest BCUT2D eigenvalue weighted by Crippen LogP contribution is 2.32. The number of ether oxygens (including phenoxy) is 1. The number of likely N-dealkylation sites (N-methyl/N-ethyl adjacent to an activating group) is 1. The van der Waals surface area contributed by atoms with Crippen LogP contribution in [0, 0.1) is 5.82 Å². The zero-order valence-electron chi connectivity index (χ0n) is 19.9. The molecule has 0 unspecified atom stereocenters. The van der Waals surface area contributed by atoms with Gasteiger partial charge in [-0.15, -0.1) is 6.58 Å². The van der Waals surface area contributed by atoms with Crippen LogP contribution < -0.4 is 4.74 Å². The number of carbonyl (C=O) groups is 2. The molecule has 0 radical (unpaired) electrons. The molecule has 3 aromatic rings. The number of fused-ring (bicyclic) bond motifs is 1. The van der Waals surface area contributed by atoms with Gasteiger partial charge < -0.3 is 14.9 Å². The van der Waals surface area contributed by atoms with Crippen LogP contribution in [-0.2, 0) is 16.6 Å². The predicted molar refractivity (Wildman–Crippen MR) is 141 cm³/mol. The number of nitrogens with zero attached hydrogens (tertiary/aromatic N) is 3. The Kier molecular flexibility index (Phi) is 11.0. The Hall–Kier alpha value is -3.76. The summed E-state index contributed by atoms with van der Waals surface area (Å²) in [6, 6.07) is 11.0. The molecule has 0 saturated carbocycles. The van der Waals surface area contributed by atoms with Crippen molar-refractivity contribution in [2.75, 3.05) is 26.7 Å². The number of carboxylic acids is 2. The van der Waals surface area contributed by atoms with Crippen molar-refractivity contribution in [3.8, 4) is 17.0 Å². The third kappa shape index (κ3) is 8.79. The van der Waals surface area contributed by atoms with E-state index in [0.29, 0.717) is 18.8 Å². The van der Waals surface area contributed by atoms with E-state index < -0.39 is 17.8 Å². The molecule has 0 amide bonds. The molecule has 1 heterocycles. The van der Waals surface area contributed by atoms with E-state index in [0.717, 1.165) is 39.7 Å². The van der Waals surface area contributed by atoms with Crippen LogP contribution in [0.5, 0.6) is 5.75 Å². The normalized spacial score (nSPS) is 11.1. The average molecular weight is 560 g/mol. The number of hydrogen-bond donors (Lipinski definition) is 2. The highest BCUT2D eigenvalue weighted by Gasteiger charge is 2.15. The molecule has 2 N–H and O–H groups in total. The summed E-state index contributed by atoms with van der Waals surface area (Å²) in [6.45, 7) is 5.62. The molecule has 0 aliphatic carbocycles. The lowest BCUT2D eigenvalue weighted by atomic mass is 10.1. The van der Waals surface area contributed by atoms with E-state index in [-0.39, 0.29) is 5.75 Å². The van der Waals surface area contributed by atoms with Crippen LogP contribution in [0.15, 0.2) is 77.8 Å². The third-order valence-corrected chi connectivity index (χ3v) is 5.28. The van der Waals surface area contributed by atoms with E-state index in [1.807, 2.05) is 56.6 Å². The van der Waals surface area contributed by atoms with E-state index in [1.54, 1.807) is 10.7 Å². The maximum atomic E-state index is 14.6. The van der Waals surface area contributed by atoms with Gasteiger partial charge in [0.2, 0.25) is 0 Å². The van der Waals surface area contributed by atoms with Crippen LogP contribution in [0.2, 0.25) is 0 Å². The van der Waals surface area contributed by atoms with Crippen LogP contribution in [0.25, 0.3) is 22.2 Å². The number of aryl methyl sites for hydroxylation is 1. The first-order valence-electron chi connectivity index (χ1n) is 10.8. The Morgan fingerprint density at radius 1 is 1.14 bits per heavy atom. The Morgan fingerprint density at radius 2 is 1.78 bits per heavy atom. The van der Waals surface area contributed by atoms with E-state index in [9.17, 15) is 14.0 Å². The standard InChI is InChI=1S/C22H23BrFN3O.C4H4O4/c1-4-11-26(2)12-5-6-13-28-21-15-20-18(14-19(21)24)22(25-27(20)3)16-7-9-17(23)10-8-16;5-3(6)1-2-4(7)8/h4-10,14-15H,1,11-13H2,2-3H3;1-2H,(H,5,6)(H,7,8)/b6-5+;2-1+. The first-order valence-corrected chi connectivity index (χ1v) is 11.5. The topological polar surface area (TPSA) is 105 Å². The molecule has 190 valence electrons. The van der Waals surface area contributed by atoms with Gasteiger partial charge in [-0.3, -0.25) is 9.58 Å². The zero-order valence-corrected chi connectivity index (χ0v) is 21.5. The van der Waals surface area contributed by atoms with E-state index in [1.165, 1.54) is 6.07 Å². The van der Waals surface area contributed by atoms with E-state index in [4.69, 9.17) is 14.9 Å². The van der Waals surface area contributed by atoms with Crippen molar-refractivity contribution in [3.63, 3.8) is 0 Å². The van der Waals surface area contributed by atoms with Gasteiger partial charge in [-0.2, -0.15) is 5.10 Å². The monoisotopic (exact) mass is 559 g/mol. The SMILES string of the molecule is C=CCN(C)C/C=C/COc1cc2c(cc1F)c(-c1ccc(Br)cc1)nn2C.O=C(O)/C=C/C(=O)O. The summed E-state index contributed by atoms with van der Waals surface area (Å²) in [7, 11) is 3.85. The molecule has 0 aliphatic rings. The number of halogens is 2. The predicted octanol–water partition coefficient (Wildman–Crippen LogP) is 4.91. The highest BCUT2D eigenvalue weighted by molar-refractivity contribution is 9.10. The summed E-state index contributed by atoms with van der Waals surface area (Å²) in [4.78, 5) is 21.2. The van der Waals surface area contributed by atoms with Gasteiger partial charge in [0.1, 0.15) is 12.3 Å². The van der Waals surface area contributed by atoms with Gasteiger partial charge in [0.15, 0.2) is 11.6 Å². The molecule has 1 aromatic heterocycles. The van der Waals surface area contributed by atoms with Gasteiger partial charge >= 0.3 is 11.9 Å². The fourth-order valence-corrected chi connectivity index (χ4v) is 3.35. The number of hydrogen-bond acceptors (Lipinski definition) is 5. The van der Waals surface area contributed by atoms with Crippen molar-refractivity contribution < 1.29 is 28.9 Å². The number of benzene rings is 2. The smallest absolute Gasteiger partial charge is 0.328 e. The van der Waals surface area contributed by atoms with Crippen molar-refractivity contribution in [2.24, 2.45) is 7.05 Å². The molecule has 0 spiro atoms. The molecule has 0 fully saturated rings. The summed E-state index contributed by atoms with van der Waals surface area (Å²) >= 11 is 3.43. The lowest BCUT2D eigenvalue weighted by Crippen LogP contribution is -2.17. The van der Waals surface area contributed by atoms with Crippen LogP contribution in [-0.4, -0.2) is 63.6 Å². The summed E-state index contributed by atoms with van der Waals surface area (Å²) in [5.41, 5.74) is 2.51. The van der Waals surface area contributed by atoms with Gasteiger partial charge in [-0.1, -0.05) is 46.3 Å². The Bertz CT molecular complexity index is 1250. The fraction of sp³-hybridized carbons (Fsp3) is 0.192. The molecule has 10 heteroatoms. The van der Waals surface area contributed by atoms with Gasteiger partial charge in [-0.25, -0.2) is 14.0 Å². The van der Waals surface area contributed by atoms with Gasteiger partial charge in [0, 0.05) is 53.8 Å². The number of carboxylic acid groups (broad SMARTS) is 2. The molecule has 0 atom stereocenters. The fourth-order valence-electron chi connectivity index (χ4n) is 3.09. The van der Waals surface area contributed by atoms with Crippen molar-refractivity contribution in [2.45, 2.75) is 0 Å². The molecule has 2 aromatic carbocycles. The van der Waals surface area contributed by atoms with E-state index in [2.05, 4.69) is 32.5 Å². The summed E-state index contributed by atoms with van der Waals surface area (Å²) in [5.74, 6) is -2.68. The Balaban J connectivity index is 0.000000493. The molecular weight excluding hydrogens is 533 g/mol. The van der Waals surface area contributed by atoms with Crippen LogP contribution in [0.1, 0.15) is 0 Å². The lowest BCUT2D eigenvalue weighted by molar-refractivity contribution is -0.134. The number of aliphatic carboxylic acids is 2. The second kappa shape index (κ2) is 14.0. The van der Waals surface area contributed by atoms with Crippen LogP contribution in [0.4, 0.5) is 4.39 Å². The molecular formula is C26H27BrFN3O5. The minimum absolute atomic E-state index is 0.224. The minimum Gasteiger partial charge on any atom is -0.486 e. The van der Waals surface area contributed by atoms with Crippen molar-refractivity contribution in [3.05, 3.63) is 83.6 Å². The molecule has 36 heavy (non-hydrogen) atoms. The zero-order chi connectivity index (χ0) is 26.7. The summed E-state index contributed by atoms with van der Waals surface area (Å²) in [5, 5.41) is 21.0. The van der Waals surface area contributed by atoms with Crippen molar-refractivity contribution in [1.82, 2.24) is 14.7 Å². The molecule has 0 saturated heterocycles.